The van der Waals surface area contributed by atoms with Crippen LogP contribution in [-0.4, -0.2) is 42.5 Å². The van der Waals surface area contributed by atoms with E-state index in [0.29, 0.717) is 24.1 Å². The van der Waals surface area contributed by atoms with Crippen molar-refractivity contribution >= 4 is 18.0 Å². The van der Waals surface area contributed by atoms with Crippen LogP contribution in [0.4, 0.5) is 5.69 Å². The van der Waals surface area contributed by atoms with Gasteiger partial charge < -0.3 is 19.5 Å². The lowest BCUT2D eigenvalue weighted by Gasteiger charge is -2.29. The van der Waals surface area contributed by atoms with Gasteiger partial charge in [-0.3, -0.25) is 4.79 Å². The Labute approximate surface area is 205 Å². The number of ether oxygens (including phenoxy) is 2. The van der Waals surface area contributed by atoms with Gasteiger partial charge in [-0.25, -0.2) is 0 Å². The van der Waals surface area contributed by atoms with Crippen LogP contribution >= 0.6 is 0 Å². The second kappa shape index (κ2) is 11.9. The van der Waals surface area contributed by atoms with Crippen LogP contribution in [0.5, 0.6) is 17.2 Å². The van der Waals surface area contributed by atoms with Gasteiger partial charge in [0.1, 0.15) is 41.8 Å². The Morgan fingerprint density at radius 1 is 1.06 bits per heavy atom. The number of aldehydes is 1. The average Bonchev–Trinajstić information content (AvgIpc) is 2.88. The number of hydrogen-bond donors (Lipinski definition) is 1. The van der Waals surface area contributed by atoms with E-state index in [2.05, 4.69) is 22.9 Å². The van der Waals surface area contributed by atoms with Crippen molar-refractivity contribution in [1.82, 2.24) is 4.90 Å². The van der Waals surface area contributed by atoms with E-state index in [9.17, 15) is 9.90 Å². The first-order valence-electron chi connectivity index (χ1n) is 11.7. The number of likely N-dealkylation sites (tertiary alicyclic amines) is 1. The van der Waals surface area contributed by atoms with Gasteiger partial charge in [0.05, 0.1) is 5.56 Å². The molecule has 178 valence electrons. The molecule has 0 spiro atoms. The molecule has 6 heteroatoms. The molecule has 35 heavy (non-hydrogen) atoms. The van der Waals surface area contributed by atoms with E-state index in [1.54, 1.807) is 24.3 Å². The molecule has 1 aliphatic heterocycles. The Hall–Kier alpha value is -4.08. The minimum atomic E-state index is 0.0388. The van der Waals surface area contributed by atoms with Crippen molar-refractivity contribution in [2.75, 3.05) is 20.1 Å². The van der Waals surface area contributed by atoms with Gasteiger partial charge in [0, 0.05) is 25.2 Å². The zero-order chi connectivity index (χ0) is 24.5. The third-order valence-electron chi connectivity index (χ3n) is 5.85. The smallest absolute Gasteiger partial charge is 0.347 e. The first-order chi connectivity index (χ1) is 17.1. The summed E-state index contributed by atoms with van der Waals surface area (Å²) in [7, 11) is 2.14. The molecule has 0 amide bonds. The lowest BCUT2D eigenvalue weighted by atomic mass is 10.1. The standard InChI is InChI=1S/C29H28N2O4/c1-31-15-13-25(14-16-31)35-27-9-4-8-26(19-27)34-21-24-7-2-3-10-28(24)30-20-23-12-11-22(6-5-17-32)18-29(23)33/h2-12,17-19,25H,13-16,21H2,1H3/p+1/b6-5+. The largest absolute Gasteiger partial charge is 0.506 e. The molecule has 6 nitrogen and oxygen atoms in total. The quantitative estimate of drug-likeness (QED) is 0.357. The maximum atomic E-state index is 10.5. The summed E-state index contributed by atoms with van der Waals surface area (Å²) in [5, 5.41) is 10.3. The monoisotopic (exact) mass is 469 g/mol. The number of carbonyl (C=O) groups excluding carboxylic acids is 1. The molecule has 0 aromatic heterocycles. The molecule has 0 aliphatic carbocycles. The second-order valence-corrected chi connectivity index (χ2v) is 8.51. The molecule has 1 heterocycles. The SMILES string of the molecule is CN1CCC(Oc2cccc(OCc3ccccc3[N+]#Cc3ccc(/C=C/C=O)cc3O)c2)CC1. The lowest BCUT2D eigenvalue weighted by molar-refractivity contribution is -0.104. The van der Waals surface area contributed by atoms with Crippen LogP contribution in [0.3, 0.4) is 0 Å². The highest BCUT2D eigenvalue weighted by Gasteiger charge is 2.18. The van der Waals surface area contributed by atoms with Gasteiger partial charge in [0.2, 0.25) is 0 Å². The number of allylic oxidation sites excluding steroid dienone is 1. The minimum absolute atomic E-state index is 0.0388. The van der Waals surface area contributed by atoms with E-state index < -0.39 is 0 Å². The van der Waals surface area contributed by atoms with Crippen LogP contribution in [0.25, 0.3) is 10.9 Å². The topological polar surface area (TPSA) is 63.4 Å². The summed E-state index contributed by atoms with van der Waals surface area (Å²) in [5.41, 5.74) is 2.78. The summed E-state index contributed by atoms with van der Waals surface area (Å²) in [6.07, 6.45) is 5.97. The van der Waals surface area contributed by atoms with Crippen LogP contribution in [-0.2, 0) is 11.4 Å². The van der Waals surface area contributed by atoms with Gasteiger partial charge in [-0.05, 0) is 66.7 Å². The van der Waals surface area contributed by atoms with Crippen LogP contribution in [0.1, 0.15) is 29.5 Å². The van der Waals surface area contributed by atoms with Crippen LogP contribution in [0.15, 0.2) is 72.8 Å². The fourth-order valence-electron chi connectivity index (χ4n) is 3.85. The van der Waals surface area contributed by atoms with Crippen molar-refractivity contribution in [1.29, 1.82) is 0 Å². The van der Waals surface area contributed by atoms with E-state index in [1.165, 1.54) is 6.08 Å². The first kappa shape index (κ1) is 24.1. The molecule has 0 bridgehead atoms. The van der Waals surface area contributed by atoms with Crippen molar-refractivity contribution in [2.24, 2.45) is 0 Å². The molecule has 1 saturated heterocycles. The van der Waals surface area contributed by atoms with Crippen LogP contribution in [0.2, 0.25) is 0 Å². The lowest BCUT2D eigenvalue weighted by Crippen LogP contribution is -2.35. The van der Waals surface area contributed by atoms with E-state index in [-0.39, 0.29) is 11.9 Å². The van der Waals surface area contributed by atoms with Gasteiger partial charge in [-0.15, -0.1) is 0 Å². The molecule has 3 aromatic carbocycles. The second-order valence-electron chi connectivity index (χ2n) is 8.51. The van der Waals surface area contributed by atoms with Gasteiger partial charge in [0.25, 0.3) is 0 Å². The number of phenolic OH excluding ortho intramolecular Hbond substituents is 1. The summed E-state index contributed by atoms with van der Waals surface area (Å²) < 4.78 is 12.2. The Kier molecular flexibility index (Phi) is 8.16. The number of nitrogens with zero attached hydrogens (tertiary/aromatic N) is 2. The average molecular weight is 470 g/mol. The summed E-state index contributed by atoms with van der Waals surface area (Å²) in [4.78, 5) is 17.2. The number of benzene rings is 3. The zero-order valence-electron chi connectivity index (χ0n) is 19.8. The summed E-state index contributed by atoms with van der Waals surface area (Å²) in [6.45, 7) is 2.43. The normalized spacial score (nSPS) is 14.3. The predicted molar refractivity (Wildman–Crippen MR) is 138 cm³/mol. The van der Waals surface area contributed by atoms with Gasteiger partial charge in [0.15, 0.2) is 0 Å². The number of piperidine rings is 1. The van der Waals surface area contributed by atoms with E-state index in [4.69, 9.17) is 9.47 Å². The van der Waals surface area contributed by atoms with Crippen molar-refractivity contribution in [3.8, 4) is 23.3 Å². The van der Waals surface area contributed by atoms with Crippen molar-refractivity contribution in [3.63, 3.8) is 0 Å². The Bertz CT molecular complexity index is 1250. The predicted octanol–water partition coefficient (Wildman–Crippen LogP) is 5.67. The fourth-order valence-corrected chi connectivity index (χ4v) is 3.85. The fraction of sp³-hybridized carbons (Fsp3) is 0.241. The molecule has 0 atom stereocenters. The highest BCUT2D eigenvalue weighted by atomic mass is 16.5. The third-order valence-corrected chi connectivity index (χ3v) is 5.85. The molecular weight excluding hydrogens is 440 g/mol. The van der Waals surface area contributed by atoms with Crippen molar-refractivity contribution < 1.29 is 19.4 Å². The number of aromatic hydroxyl groups is 1. The zero-order valence-corrected chi connectivity index (χ0v) is 19.8. The molecule has 1 fully saturated rings. The first-order valence-corrected chi connectivity index (χ1v) is 11.7. The van der Waals surface area contributed by atoms with Crippen LogP contribution < -0.4 is 9.47 Å². The molecule has 3 aromatic rings. The molecule has 1 N–H and O–H groups in total. The molecule has 1 aliphatic rings. The summed E-state index contributed by atoms with van der Waals surface area (Å²) in [5.74, 6) is 1.59. The number of phenols is 1. The maximum Gasteiger partial charge on any atom is 0.347 e. The third kappa shape index (κ3) is 6.95. The van der Waals surface area contributed by atoms with E-state index in [1.807, 2.05) is 48.5 Å². The Balaban J connectivity index is 1.42. The Morgan fingerprint density at radius 2 is 1.86 bits per heavy atom. The maximum absolute atomic E-state index is 10.5. The van der Waals surface area contributed by atoms with E-state index in [0.717, 1.165) is 48.6 Å². The molecule has 0 radical (unpaired) electrons. The molecule has 0 saturated carbocycles. The van der Waals surface area contributed by atoms with Gasteiger partial charge >= 0.3 is 11.8 Å². The summed E-state index contributed by atoms with van der Waals surface area (Å²) in [6, 6.07) is 23.4. The molecule has 4 rings (SSSR count). The Morgan fingerprint density at radius 3 is 2.66 bits per heavy atom. The van der Waals surface area contributed by atoms with Gasteiger partial charge in [-0.2, -0.15) is 0 Å². The van der Waals surface area contributed by atoms with Crippen molar-refractivity contribution in [2.45, 2.75) is 25.6 Å². The number of rotatable bonds is 7. The van der Waals surface area contributed by atoms with Gasteiger partial charge in [-0.1, -0.05) is 30.3 Å². The van der Waals surface area contributed by atoms with Crippen LogP contribution in [0, 0.1) is 6.07 Å². The highest BCUT2D eigenvalue weighted by Crippen LogP contribution is 2.26. The number of hydrogen-bond acceptors (Lipinski definition) is 5. The van der Waals surface area contributed by atoms with Crippen molar-refractivity contribution in [3.05, 3.63) is 94.3 Å². The minimum Gasteiger partial charge on any atom is -0.506 e. The van der Waals surface area contributed by atoms with E-state index >= 15 is 0 Å². The highest BCUT2D eigenvalue weighted by molar-refractivity contribution is 5.74. The molecule has 0 unspecified atom stereocenters. The number of carbonyl (C=O) groups is 1. The molecular formula is C29H29N2O4+. The number of para-hydroxylation sites is 1. The summed E-state index contributed by atoms with van der Waals surface area (Å²) >= 11 is 0.